The number of hydrogen-bond donors (Lipinski definition) is 0. The van der Waals surface area contributed by atoms with Gasteiger partial charge in [-0.3, -0.25) is 4.79 Å². The largest absolute Gasteiger partial charge is 0.451 e. The fourth-order valence-corrected chi connectivity index (χ4v) is 2.30. The summed E-state index contributed by atoms with van der Waals surface area (Å²) >= 11 is 0. The molecule has 22 heavy (non-hydrogen) atoms. The lowest BCUT2D eigenvalue weighted by Crippen LogP contribution is -2.33. The number of benzene rings is 1. The maximum atomic E-state index is 11.7. The highest BCUT2D eigenvalue weighted by Gasteiger charge is 2.43. The second kappa shape index (κ2) is 6.56. The third-order valence-electron chi connectivity index (χ3n) is 3.57. The number of para-hydroxylation sites is 1. The fraction of sp³-hybridized carbons (Fsp3) is 0.353. The van der Waals surface area contributed by atoms with Crippen molar-refractivity contribution >= 4 is 17.7 Å². The van der Waals surface area contributed by atoms with Gasteiger partial charge in [-0.05, 0) is 18.6 Å². The van der Waals surface area contributed by atoms with E-state index >= 15 is 0 Å². The van der Waals surface area contributed by atoms with E-state index in [2.05, 4.69) is 0 Å². The molecule has 1 aliphatic carbocycles. The molecule has 116 valence electrons. The highest BCUT2D eigenvalue weighted by molar-refractivity contribution is 5.94. The summed E-state index contributed by atoms with van der Waals surface area (Å²) in [6, 6.07) is 8.52. The van der Waals surface area contributed by atoms with Gasteiger partial charge in [-0.15, -0.1) is 0 Å². The van der Waals surface area contributed by atoms with Crippen molar-refractivity contribution in [2.24, 2.45) is 5.41 Å². The van der Waals surface area contributed by atoms with E-state index in [9.17, 15) is 14.4 Å². The van der Waals surface area contributed by atoms with Crippen molar-refractivity contribution in [3.05, 3.63) is 42.5 Å². The van der Waals surface area contributed by atoms with Crippen molar-refractivity contribution in [3.63, 3.8) is 0 Å². The minimum atomic E-state index is -0.755. The van der Waals surface area contributed by atoms with Gasteiger partial charge in [0, 0.05) is 24.0 Å². The molecule has 0 heterocycles. The third kappa shape index (κ3) is 4.04. The zero-order valence-electron chi connectivity index (χ0n) is 12.6. The standard InChI is InChI=1S/C17H18O5/c1-17(2)11-10-13(18)16(17)22-15(20)9-8-14(19)21-12-6-4-3-5-7-12/h3-9,16H,10-11H2,1-2H3/b9-8+. The Balaban J connectivity index is 1.89. The van der Waals surface area contributed by atoms with Crippen LogP contribution in [-0.2, 0) is 19.1 Å². The molecule has 1 aliphatic rings. The lowest BCUT2D eigenvalue weighted by Gasteiger charge is -2.24. The number of rotatable bonds is 4. The van der Waals surface area contributed by atoms with E-state index in [0.717, 1.165) is 12.2 Å². The summed E-state index contributed by atoms with van der Waals surface area (Å²) in [7, 11) is 0. The number of esters is 2. The second-order valence-electron chi connectivity index (χ2n) is 5.84. The lowest BCUT2D eigenvalue weighted by molar-refractivity contribution is -0.153. The number of ketones is 1. The van der Waals surface area contributed by atoms with E-state index in [1.165, 1.54) is 0 Å². The van der Waals surface area contributed by atoms with Crippen LogP contribution in [0.1, 0.15) is 26.7 Å². The molecule has 1 saturated carbocycles. The van der Waals surface area contributed by atoms with E-state index in [1.54, 1.807) is 30.3 Å². The van der Waals surface area contributed by atoms with Crippen LogP contribution in [-0.4, -0.2) is 23.8 Å². The summed E-state index contributed by atoms with van der Waals surface area (Å²) in [5.74, 6) is -1.10. The SMILES string of the molecule is CC1(C)CCC(=O)C1OC(=O)/C=C/C(=O)Oc1ccccc1. The predicted molar refractivity (Wildman–Crippen MR) is 79.1 cm³/mol. The Morgan fingerprint density at radius 2 is 1.77 bits per heavy atom. The van der Waals surface area contributed by atoms with Crippen LogP contribution in [0, 0.1) is 5.41 Å². The van der Waals surface area contributed by atoms with Gasteiger partial charge in [-0.1, -0.05) is 32.0 Å². The number of hydrogen-bond acceptors (Lipinski definition) is 5. The van der Waals surface area contributed by atoms with Crippen LogP contribution in [0.5, 0.6) is 5.75 Å². The molecule has 1 atom stereocenters. The molecule has 1 aromatic carbocycles. The molecule has 1 aromatic rings. The number of carbonyl (C=O) groups excluding carboxylic acids is 3. The van der Waals surface area contributed by atoms with E-state index in [0.29, 0.717) is 18.6 Å². The van der Waals surface area contributed by atoms with Crippen molar-refractivity contribution < 1.29 is 23.9 Å². The monoisotopic (exact) mass is 302 g/mol. The molecule has 1 fully saturated rings. The summed E-state index contributed by atoms with van der Waals surface area (Å²) in [4.78, 5) is 35.0. The van der Waals surface area contributed by atoms with E-state index in [1.807, 2.05) is 13.8 Å². The Kier molecular flexibility index (Phi) is 4.75. The Hall–Kier alpha value is -2.43. The Morgan fingerprint density at radius 3 is 2.36 bits per heavy atom. The highest BCUT2D eigenvalue weighted by atomic mass is 16.5. The summed E-state index contributed by atoms with van der Waals surface area (Å²) < 4.78 is 10.2. The first-order chi connectivity index (χ1) is 10.4. The van der Waals surface area contributed by atoms with Crippen LogP contribution < -0.4 is 4.74 Å². The summed E-state index contributed by atoms with van der Waals surface area (Å²) in [5, 5.41) is 0. The topological polar surface area (TPSA) is 69.7 Å². The van der Waals surface area contributed by atoms with Crippen LogP contribution in [0.25, 0.3) is 0 Å². The van der Waals surface area contributed by atoms with Crippen LogP contribution in [0.15, 0.2) is 42.5 Å². The third-order valence-corrected chi connectivity index (χ3v) is 3.57. The van der Waals surface area contributed by atoms with Gasteiger partial charge >= 0.3 is 11.9 Å². The van der Waals surface area contributed by atoms with E-state index in [4.69, 9.17) is 9.47 Å². The van der Waals surface area contributed by atoms with Crippen LogP contribution >= 0.6 is 0 Å². The molecule has 0 N–H and O–H groups in total. The van der Waals surface area contributed by atoms with Gasteiger partial charge in [0.05, 0.1) is 0 Å². The highest BCUT2D eigenvalue weighted by Crippen LogP contribution is 2.37. The molecule has 0 aliphatic heterocycles. The molecule has 0 aromatic heterocycles. The molecule has 2 rings (SSSR count). The summed E-state index contributed by atoms with van der Waals surface area (Å²) in [6.45, 7) is 3.76. The first kappa shape index (κ1) is 15.9. The summed E-state index contributed by atoms with van der Waals surface area (Å²) in [5.41, 5.74) is -0.370. The first-order valence-corrected chi connectivity index (χ1v) is 7.07. The quantitative estimate of drug-likeness (QED) is 0.485. The van der Waals surface area contributed by atoms with E-state index < -0.39 is 18.0 Å². The zero-order chi connectivity index (χ0) is 16.2. The van der Waals surface area contributed by atoms with Crippen molar-refractivity contribution in [3.8, 4) is 5.75 Å². The average molecular weight is 302 g/mol. The average Bonchev–Trinajstić information content (AvgIpc) is 2.73. The van der Waals surface area contributed by atoms with Gasteiger partial charge in [0.15, 0.2) is 11.9 Å². The van der Waals surface area contributed by atoms with E-state index in [-0.39, 0.29) is 11.2 Å². The molecule has 0 bridgehead atoms. The lowest BCUT2D eigenvalue weighted by atomic mass is 9.89. The predicted octanol–water partition coefficient (Wildman–Crippen LogP) is 2.45. The van der Waals surface area contributed by atoms with Gasteiger partial charge in [-0.25, -0.2) is 9.59 Å². The van der Waals surface area contributed by atoms with Gasteiger partial charge in [0.1, 0.15) is 5.75 Å². The van der Waals surface area contributed by atoms with Gasteiger partial charge in [0.2, 0.25) is 0 Å². The Morgan fingerprint density at radius 1 is 1.14 bits per heavy atom. The van der Waals surface area contributed by atoms with Gasteiger partial charge in [-0.2, -0.15) is 0 Å². The molecule has 1 unspecified atom stereocenters. The molecule has 0 radical (unpaired) electrons. The Bertz CT molecular complexity index is 601. The maximum Gasteiger partial charge on any atom is 0.336 e. The fourth-order valence-electron chi connectivity index (χ4n) is 2.30. The smallest absolute Gasteiger partial charge is 0.336 e. The van der Waals surface area contributed by atoms with Crippen molar-refractivity contribution in [2.45, 2.75) is 32.8 Å². The number of Topliss-reactive ketones (excluding diaryl/α,β-unsaturated/α-hetero) is 1. The van der Waals surface area contributed by atoms with Crippen LogP contribution in [0.3, 0.4) is 0 Å². The maximum absolute atomic E-state index is 11.7. The van der Waals surface area contributed by atoms with Crippen molar-refractivity contribution in [1.29, 1.82) is 0 Å². The summed E-state index contributed by atoms with van der Waals surface area (Å²) in [6.07, 6.45) is 2.30. The number of ether oxygens (including phenoxy) is 2. The van der Waals surface area contributed by atoms with Crippen molar-refractivity contribution in [1.82, 2.24) is 0 Å². The molecule has 0 saturated heterocycles. The minimum absolute atomic E-state index is 0.0846. The van der Waals surface area contributed by atoms with Crippen molar-refractivity contribution in [2.75, 3.05) is 0 Å². The van der Waals surface area contributed by atoms with Gasteiger partial charge in [0.25, 0.3) is 0 Å². The second-order valence-corrected chi connectivity index (χ2v) is 5.84. The van der Waals surface area contributed by atoms with Crippen LogP contribution in [0.2, 0.25) is 0 Å². The molecular weight excluding hydrogens is 284 g/mol. The molecule has 0 amide bonds. The molecule has 5 nitrogen and oxygen atoms in total. The molecule has 5 heteroatoms. The normalized spacial score (nSPS) is 20.1. The molecule has 0 spiro atoms. The molecular formula is C17H18O5. The minimum Gasteiger partial charge on any atom is -0.451 e. The van der Waals surface area contributed by atoms with Crippen LogP contribution in [0.4, 0.5) is 0 Å². The Labute approximate surface area is 128 Å². The van der Waals surface area contributed by atoms with Gasteiger partial charge < -0.3 is 9.47 Å². The first-order valence-electron chi connectivity index (χ1n) is 7.07. The zero-order valence-corrected chi connectivity index (χ0v) is 12.6. The number of carbonyl (C=O) groups is 3.